The van der Waals surface area contributed by atoms with E-state index in [2.05, 4.69) is 113 Å². The molecule has 2 nitrogen and oxygen atoms in total. The number of para-hydroxylation sites is 1. The first-order valence-corrected chi connectivity index (χ1v) is 29.1. The summed E-state index contributed by atoms with van der Waals surface area (Å²) in [5.41, 5.74) is 20.7. The van der Waals surface area contributed by atoms with Crippen LogP contribution >= 0.6 is 0 Å². The molecule has 0 radical (unpaired) electrons. The molecule has 0 amide bonds. The summed E-state index contributed by atoms with van der Waals surface area (Å²) >= 11 is 0. The Morgan fingerprint density at radius 3 is 1.20 bits per heavy atom. The fourth-order valence-electron chi connectivity index (χ4n) is 21.9. The Morgan fingerprint density at radius 1 is 0.362 bits per heavy atom. The van der Waals surface area contributed by atoms with Gasteiger partial charge in [0.1, 0.15) is 0 Å². The molecule has 5 aromatic carbocycles. The van der Waals surface area contributed by atoms with E-state index >= 15 is 0 Å². The minimum atomic E-state index is 0.195. The summed E-state index contributed by atoms with van der Waals surface area (Å²) in [5, 5.41) is 0. The molecule has 5 aromatic rings. The second-order valence-electron chi connectivity index (χ2n) is 27.4. The van der Waals surface area contributed by atoms with Crippen LogP contribution in [0, 0.1) is 53.3 Å². The molecule has 69 heavy (non-hydrogen) atoms. The summed E-state index contributed by atoms with van der Waals surface area (Å²) < 4.78 is 0. The van der Waals surface area contributed by atoms with E-state index in [-0.39, 0.29) is 6.71 Å². The zero-order valence-corrected chi connectivity index (χ0v) is 41.3. The Balaban J connectivity index is 0.855. The van der Waals surface area contributed by atoms with Gasteiger partial charge in [-0.1, -0.05) is 73.9 Å². The molecule has 15 aliphatic rings. The molecule has 0 saturated heterocycles. The van der Waals surface area contributed by atoms with E-state index in [1.54, 1.807) is 33.2 Å². The first-order valence-electron chi connectivity index (χ1n) is 29.1. The summed E-state index contributed by atoms with van der Waals surface area (Å²) in [7, 11) is 0. The average Bonchev–Trinajstić information content (AvgIpc) is 3.35. The molecule has 0 spiro atoms. The van der Waals surface area contributed by atoms with Crippen LogP contribution in [-0.4, -0.2) is 6.71 Å². The van der Waals surface area contributed by atoms with Crippen LogP contribution < -0.4 is 26.2 Å². The van der Waals surface area contributed by atoms with Gasteiger partial charge in [-0.25, -0.2) is 0 Å². The van der Waals surface area contributed by atoms with Crippen molar-refractivity contribution >= 4 is 57.2 Å². The average molecular weight is 905 g/mol. The maximum atomic E-state index is 2.82. The molecule has 2 heterocycles. The van der Waals surface area contributed by atoms with Gasteiger partial charge in [0.2, 0.25) is 0 Å². The third-order valence-electron chi connectivity index (χ3n) is 23.3. The van der Waals surface area contributed by atoms with Crippen molar-refractivity contribution in [2.45, 2.75) is 170 Å². The first-order chi connectivity index (χ1) is 33.9. The fraction of sp³-hybridized carbons (Fsp3) is 0.545. The van der Waals surface area contributed by atoms with Crippen LogP contribution in [0.3, 0.4) is 0 Å². The van der Waals surface area contributed by atoms with Crippen molar-refractivity contribution in [1.29, 1.82) is 0 Å². The fourth-order valence-corrected chi connectivity index (χ4v) is 21.9. The van der Waals surface area contributed by atoms with E-state index in [1.165, 1.54) is 187 Å². The van der Waals surface area contributed by atoms with Gasteiger partial charge in [0.15, 0.2) is 0 Å². The molecule has 20 rings (SSSR count). The van der Waals surface area contributed by atoms with Crippen molar-refractivity contribution in [2.75, 3.05) is 9.80 Å². The summed E-state index contributed by atoms with van der Waals surface area (Å²) in [5.74, 6) is 9.14. The summed E-state index contributed by atoms with van der Waals surface area (Å²) in [6.07, 6.45) is 33.0. The molecule has 0 N–H and O–H groups in total. The van der Waals surface area contributed by atoms with Gasteiger partial charge in [-0.3, -0.25) is 0 Å². The van der Waals surface area contributed by atoms with Gasteiger partial charge in [-0.2, -0.15) is 0 Å². The zero-order chi connectivity index (χ0) is 44.8. The van der Waals surface area contributed by atoms with E-state index in [1.807, 2.05) is 0 Å². The Kier molecular flexibility index (Phi) is 8.46. The predicted molar refractivity (Wildman–Crippen MR) is 286 cm³/mol. The van der Waals surface area contributed by atoms with Gasteiger partial charge in [-0.05, 0) is 291 Å². The minimum absolute atomic E-state index is 0.195. The van der Waals surface area contributed by atoms with Crippen LogP contribution in [0.2, 0.25) is 0 Å². The van der Waals surface area contributed by atoms with Gasteiger partial charge >= 0.3 is 0 Å². The summed E-state index contributed by atoms with van der Waals surface area (Å²) in [6, 6.07) is 44.0. The molecule has 13 saturated carbocycles. The Labute approximate surface area is 413 Å². The Morgan fingerprint density at radius 2 is 0.754 bits per heavy atom. The topological polar surface area (TPSA) is 6.48 Å². The van der Waals surface area contributed by atoms with Gasteiger partial charge in [0.05, 0.1) is 0 Å². The molecule has 12 bridgehead atoms. The van der Waals surface area contributed by atoms with Gasteiger partial charge in [-0.15, -0.1) is 0 Å². The molecule has 350 valence electrons. The smallest absolute Gasteiger partial charge is 0.252 e. The van der Waals surface area contributed by atoms with E-state index in [0.29, 0.717) is 22.2 Å². The number of anilines is 6. The van der Waals surface area contributed by atoms with E-state index in [9.17, 15) is 0 Å². The zero-order valence-electron chi connectivity index (χ0n) is 41.3. The number of hydrogen-bond donors (Lipinski definition) is 0. The number of hydrogen-bond acceptors (Lipinski definition) is 2. The monoisotopic (exact) mass is 905 g/mol. The molecule has 0 aromatic heterocycles. The molecular formula is C66H73BN2. The third kappa shape index (κ3) is 5.92. The highest BCUT2D eigenvalue weighted by atomic mass is 15.2. The summed E-state index contributed by atoms with van der Waals surface area (Å²) in [6.45, 7) is 0.195. The second kappa shape index (κ2) is 14.5. The van der Waals surface area contributed by atoms with Crippen molar-refractivity contribution in [3.8, 4) is 0 Å². The van der Waals surface area contributed by atoms with E-state index < -0.39 is 0 Å². The van der Waals surface area contributed by atoms with Crippen LogP contribution in [0.25, 0.3) is 0 Å². The number of benzene rings is 5. The van der Waals surface area contributed by atoms with E-state index in [4.69, 9.17) is 0 Å². The predicted octanol–water partition coefficient (Wildman–Crippen LogP) is 15.2. The second-order valence-corrected chi connectivity index (χ2v) is 27.4. The highest BCUT2D eigenvalue weighted by Crippen LogP contribution is 2.64. The molecule has 13 fully saturated rings. The SMILES string of the molecule is c1ccc2c(c1)B1c3cc(C45CC6CC(CC(C6)C4)C5)ccc3N(c3ccc(C45CC6CC(CC(C6)C4)C5)cc3)c3cc(C4CCCCC4)cc(c31)N2c1ccc(C23CC4CC(CC(C4)C2)C3)cc1. The minimum Gasteiger partial charge on any atom is -0.311 e. The van der Waals surface area contributed by atoms with Crippen LogP contribution in [0.15, 0.2) is 103 Å². The van der Waals surface area contributed by atoms with Crippen molar-refractivity contribution in [2.24, 2.45) is 53.3 Å². The van der Waals surface area contributed by atoms with Crippen molar-refractivity contribution < 1.29 is 0 Å². The number of fused-ring (bicyclic) bond motifs is 4. The number of nitrogens with zero attached hydrogens (tertiary/aromatic N) is 2. The number of rotatable bonds is 6. The van der Waals surface area contributed by atoms with Gasteiger partial charge in [0, 0.05) is 34.1 Å². The molecule has 0 atom stereocenters. The van der Waals surface area contributed by atoms with Crippen LogP contribution in [-0.2, 0) is 16.2 Å². The third-order valence-corrected chi connectivity index (χ3v) is 23.3. The quantitative estimate of drug-likeness (QED) is 0.153. The Bertz CT molecular complexity index is 2780. The lowest BCUT2D eigenvalue weighted by Crippen LogP contribution is -2.61. The van der Waals surface area contributed by atoms with Crippen LogP contribution in [0.4, 0.5) is 34.1 Å². The van der Waals surface area contributed by atoms with Crippen molar-refractivity contribution in [1.82, 2.24) is 0 Å². The first kappa shape index (κ1) is 40.4. The largest absolute Gasteiger partial charge is 0.311 e. The molecular weight excluding hydrogens is 832 g/mol. The summed E-state index contributed by atoms with van der Waals surface area (Å²) in [4.78, 5) is 5.55. The highest BCUT2D eigenvalue weighted by Gasteiger charge is 2.55. The Hall–Kier alpha value is -4.24. The van der Waals surface area contributed by atoms with Gasteiger partial charge in [0.25, 0.3) is 6.71 Å². The van der Waals surface area contributed by atoms with Gasteiger partial charge < -0.3 is 9.80 Å². The molecule has 3 heteroatoms. The molecule has 0 unspecified atom stereocenters. The normalized spacial score (nSPS) is 38.1. The maximum absolute atomic E-state index is 2.82. The standard InChI is InChI=1S/C66H73BN2/c1-2-6-50(7-3-1)51-29-61-63-62(30-51)69(56-17-12-53(13-18-56)65-35-44-23-45(36-65)25-46(24-44)37-65)60-19-14-54(66-38-47-26-48(39-66)28-49(27-47)40-66)31-58(60)67(63)57-8-4-5-9-59(57)68(61)55-15-10-52(11-16-55)64-32-41-20-42(33-64)22-43(21-41)34-64/h4-5,8-19,29-31,41-50H,1-3,6-7,20-28,32-40H2. The van der Waals surface area contributed by atoms with Crippen LogP contribution in [0.5, 0.6) is 0 Å². The molecule has 13 aliphatic carbocycles. The molecule has 2 aliphatic heterocycles. The lowest BCUT2D eigenvalue weighted by atomic mass is 9.33. The van der Waals surface area contributed by atoms with Crippen LogP contribution in [0.1, 0.15) is 176 Å². The highest BCUT2D eigenvalue weighted by molar-refractivity contribution is 7.00. The lowest BCUT2D eigenvalue weighted by molar-refractivity contribution is -0.00530. The maximum Gasteiger partial charge on any atom is 0.252 e. The van der Waals surface area contributed by atoms with Crippen molar-refractivity contribution in [3.05, 3.63) is 125 Å². The van der Waals surface area contributed by atoms with E-state index in [0.717, 1.165) is 53.3 Å². The van der Waals surface area contributed by atoms with Crippen molar-refractivity contribution in [3.63, 3.8) is 0 Å². The lowest BCUT2D eigenvalue weighted by Gasteiger charge is -2.57.